The van der Waals surface area contributed by atoms with Crippen molar-refractivity contribution < 1.29 is 53.8 Å². The van der Waals surface area contributed by atoms with Crippen molar-refractivity contribution in [3.63, 3.8) is 0 Å². The van der Waals surface area contributed by atoms with Crippen molar-refractivity contribution in [2.75, 3.05) is 0 Å². The summed E-state index contributed by atoms with van der Waals surface area (Å²) in [6, 6.07) is 11.8. The summed E-state index contributed by atoms with van der Waals surface area (Å²) < 4.78 is 131. The van der Waals surface area contributed by atoms with E-state index in [9.17, 15) is 44.3 Å². The summed E-state index contributed by atoms with van der Waals surface area (Å²) in [5.74, 6) is 0. The second-order valence-electron chi connectivity index (χ2n) is 9.86. The third kappa shape index (κ3) is 8.88. The van der Waals surface area contributed by atoms with Gasteiger partial charge in [0.25, 0.3) is 0 Å². The first-order valence-electron chi connectivity index (χ1n) is 12.8. The van der Waals surface area contributed by atoms with Crippen LogP contribution in [-0.2, 0) is 34.6 Å². The average Bonchev–Trinajstić information content (AvgIpc) is 3.70. The summed E-state index contributed by atoms with van der Waals surface area (Å²) in [6.07, 6.45) is -16.9. The molecule has 1 aliphatic heterocycles. The maximum atomic E-state index is 13.4. The van der Waals surface area contributed by atoms with Gasteiger partial charge in [0.15, 0.2) is 0 Å². The molecule has 43 heavy (non-hydrogen) atoms. The molecule has 0 spiro atoms. The van der Waals surface area contributed by atoms with E-state index in [1.54, 1.807) is 30.3 Å². The number of hydrogen-bond donors (Lipinski definition) is 1. The monoisotopic (exact) mass is 683 g/mol. The van der Waals surface area contributed by atoms with Crippen LogP contribution >= 0.6 is 15.9 Å². The van der Waals surface area contributed by atoms with Crippen LogP contribution in [-0.4, -0.2) is 12.2 Å². The Bertz CT molecular complexity index is 1390. The number of carbonyl (C=O) groups excluding carboxylic acids is 1. The van der Waals surface area contributed by atoms with Crippen LogP contribution in [0.15, 0.2) is 71.2 Å². The zero-order chi connectivity index (χ0) is 31.6. The highest BCUT2D eigenvalue weighted by molar-refractivity contribution is 9.10. The van der Waals surface area contributed by atoms with Crippen molar-refractivity contribution in [3.05, 3.63) is 105 Å². The summed E-state index contributed by atoms with van der Waals surface area (Å²) in [7, 11) is 0. The minimum Gasteiger partial charge on any atom is -0.445 e. The molecule has 1 heterocycles. The Balaban J connectivity index is 1.46. The van der Waals surface area contributed by atoms with E-state index in [-0.39, 0.29) is 47.5 Å². The lowest BCUT2D eigenvalue weighted by Crippen LogP contribution is -2.29. The average molecular weight is 684 g/mol. The molecule has 4 nitrogen and oxygen atoms in total. The second-order valence-corrected chi connectivity index (χ2v) is 10.7. The number of ether oxygens (including phenoxy) is 2. The minimum atomic E-state index is -5.01. The van der Waals surface area contributed by atoms with Crippen LogP contribution in [0.5, 0.6) is 0 Å². The molecule has 0 aliphatic carbocycles. The fraction of sp³-hybridized carbons (Fsp3) is 0.345. The zero-order valence-electron chi connectivity index (χ0n) is 21.9. The number of hydrogen-bond acceptors (Lipinski definition) is 3. The SMILES string of the molecule is O=C(N[C@@H](CCC[C@@H]1O[C@H]1c1cc(C(F)(F)F)cc(C(F)(F)F)c1)c1cc(C(F)(F)F)ccc1Br)OCc1ccccc1. The molecular weight excluding hydrogens is 661 g/mol. The third-order valence-corrected chi connectivity index (χ3v) is 7.43. The van der Waals surface area contributed by atoms with Gasteiger partial charge < -0.3 is 14.8 Å². The molecule has 1 fully saturated rings. The quantitative estimate of drug-likeness (QED) is 0.180. The molecule has 14 heteroatoms. The van der Waals surface area contributed by atoms with Crippen molar-refractivity contribution in [1.29, 1.82) is 0 Å². The topological polar surface area (TPSA) is 50.9 Å². The minimum absolute atomic E-state index is 0.0287. The van der Waals surface area contributed by atoms with Gasteiger partial charge in [-0.05, 0) is 72.4 Å². The second kappa shape index (κ2) is 12.8. The van der Waals surface area contributed by atoms with Crippen LogP contribution < -0.4 is 5.32 Å². The van der Waals surface area contributed by atoms with E-state index in [4.69, 9.17) is 9.47 Å². The highest BCUT2D eigenvalue weighted by Gasteiger charge is 2.44. The number of halogens is 10. The number of alkyl carbamates (subject to hydrolysis) is 1. The van der Waals surface area contributed by atoms with E-state index in [1.807, 2.05) is 0 Å². The number of carbonyl (C=O) groups is 1. The van der Waals surface area contributed by atoms with Gasteiger partial charge in [-0.15, -0.1) is 0 Å². The Labute approximate surface area is 248 Å². The van der Waals surface area contributed by atoms with E-state index < -0.39 is 59.6 Å². The van der Waals surface area contributed by atoms with Gasteiger partial charge >= 0.3 is 24.6 Å². The molecule has 4 rings (SSSR count). The van der Waals surface area contributed by atoms with Gasteiger partial charge in [-0.2, -0.15) is 39.5 Å². The Morgan fingerprint density at radius 1 is 0.837 bits per heavy atom. The summed E-state index contributed by atoms with van der Waals surface area (Å²) in [5.41, 5.74) is -3.38. The van der Waals surface area contributed by atoms with Crippen LogP contribution in [0.1, 0.15) is 64.8 Å². The summed E-state index contributed by atoms with van der Waals surface area (Å²) in [4.78, 5) is 12.6. The van der Waals surface area contributed by atoms with Crippen LogP contribution in [0, 0.1) is 0 Å². The molecule has 1 N–H and O–H groups in total. The van der Waals surface area contributed by atoms with Gasteiger partial charge in [0.05, 0.1) is 28.8 Å². The van der Waals surface area contributed by atoms with E-state index in [0.717, 1.165) is 12.1 Å². The molecule has 232 valence electrons. The lowest BCUT2D eigenvalue weighted by atomic mass is 9.96. The molecule has 0 saturated carbocycles. The van der Waals surface area contributed by atoms with Crippen molar-refractivity contribution in [3.8, 4) is 0 Å². The van der Waals surface area contributed by atoms with Gasteiger partial charge in [0, 0.05) is 4.47 Å². The largest absolute Gasteiger partial charge is 0.445 e. The van der Waals surface area contributed by atoms with E-state index in [2.05, 4.69) is 21.2 Å². The van der Waals surface area contributed by atoms with E-state index >= 15 is 0 Å². The number of rotatable bonds is 9. The Kier molecular flexibility index (Phi) is 9.69. The third-order valence-electron chi connectivity index (χ3n) is 6.71. The normalized spacial score (nSPS) is 17.8. The smallest absolute Gasteiger partial charge is 0.416 e. The molecule has 0 aromatic heterocycles. The molecular formula is C29H23BrF9NO3. The molecule has 1 aliphatic rings. The molecule has 1 saturated heterocycles. The van der Waals surface area contributed by atoms with Crippen molar-refractivity contribution >= 4 is 22.0 Å². The molecule has 3 atom stereocenters. The fourth-order valence-electron chi connectivity index (χ4n) is 4.52. The molecule has 3 aromatic rings. The van der Waals surface area contributed by atoms with Crippen molar-refractivity contribution in [1.82, 2.24) is 5.32 Å². The maximum Gasteiger partial charge on any atom is 0.416 e. The van der Waals surface area contributed by atoms with Crippen LogP contribution in [0.25, 0.3) is 0 Å². The van der Waals surface area contributed by atoms with Gasteiger partial charge in [0.1, 0.15) is 12.7 Å². The van der Waals surface area contributed by atoms with Gasteiger partial charge in [0.2, 0.25) is 0 Å². The highest BCUT2D eigenvalue weighted by Crippen LogP contribution is 2.46. The predicted octanol–water partition coefficient (Wildman–Crippen LogP) is 9.78. The first-order valence-corrected chi connectivity index (χ1v) is 13.6. The summed E-state index contributed by atoms with van der Waals surface area (Å²) in [5, 5.41) is 2.56. The summed E-state index contributed by atoms with van der Waals surface area (Å²) in [6.45, 7) is -0.0996. The van der Waals surface area contributed by atoms with Crippen molar-refractivity contribution in [2.24, 2.45) is 0 Å². The highest BCUT2D eigenvalue weighted by atomic mass is 79.9. The maximum absolute atomic E-state index is 13.4. The number of alkyl halides is 9. The predicted molar refractivity (Wildman–Crippen MR) is 140 cm³/mol. The number of amides is 1. The molecule has 3 aromatic carbocycles. The fourth-order valence-corrected chi connectivity index (χ4v) is 5.04. The van der Waals surface area contributed by atoms with Gasteiger partial charge in [-0.3, -0.25) is 0 Å². The molecule has 0 radical (unpaired) electrons. The van der Waals surface area contributed by atoms with Gasteiger partial charge in [-0.25, -0.2) is 4.79 Å². The first-order chi connectivity index (χ1) is 20.0. The van der Waals surface area contributed by atoms with E-state index in [1.165, 1.54) is 6.07 Å². The standard InChI is InChI=1S/C29H23BrF9NO3/c30-22-10-9-18(27(31,32)33)14-21(22)23(40-26(41)42-15-16-5-2-1-3-6-16)7-4-8-24-25(43-24)17-11-19(28(34,35)36)13-20(12-17)29(37,38)39/h1-3,5-6,9-14,23-25H,4,7-8,15H2,(H,40,41)/t23-,24-,25-/m0/s1. The lowest BCUT2D eigenvalue weighted by molar-refractivity contribution is -0.143. The van der Waals surface area contributed by atoms with Gasteiger partial charge in [-0.1, -0.05) is 46.3 Å². The lowest BCUT2D eigenvalue weighted by Gasteiger charge is -2.21. The molecule has 1 amide bonds. The van der Waals surface area contributed by atoms with Crippen LogP contribution in [0.2, 0.25) is 0 Å². The van der Waals surface area contributed by atoms with Crippen molar-refractivity contribution in [2.45, 2.75) is 62.6 Å². The molecule has 0 bridgehead atoms. The number of benzene rings is 3. The van der Waals surface area contributed by atoms with E-state index in [0.29, 0.717) is 17.7 Å². The molecule has 0 unspecified atom stereocenters. The Morgan fingerprint density at radius 2 is 1.44 bits per heavy atom. The Morgan fingerprint density at radius 3 is 2.02 bits per heavy atom. The summed E-state index contributed by atoms with van der Waals surface area (Å²) >= 11 is 3.21. The van der Waals surface area contributed by atoms with Crippen LogP contribution in [0.3, 0.4) is 0 Å². The van der Waals surface area contributed by atoms with Crippen LogP contribution in [0.4, 0.5) is 44.3 Å². The Hall–Kier alpha value is -3.26. The number of nitrogens with one attached hydrogen (secondary N) is 1. The zero-order valence-corrected chi connectivity index (χ0v) is 23.5. The number of epoxide rings is 1. The first kappa shape index (κ1) is 32.6.